The highest BCUT2D eigenvalue weighted by Gasteiger charge is 2.04. The van der Waals surface area contributed by atoms with E-state index in [1.165, 1.54) is 15.4 Å². The summed E-state index contributed by atoms with van der Waals surface area (Å²) in [5.41, 5.74) is 2.34. The lowest BCUT2D eigenvalue weighted by Gasteiger charge is -2.10. The van der Waals surface area contributed by atoms with Crippen molar-refractivity contribution in [3.8, 4) is 0 Å². The van der Waals surface area contributed by atoms with Crippen LogP contribution in [0.4, 0.5) is 0 Å². The molecule has 6 nitrogen and oxygen atoms in total. The summed E-state index contributed by atoms with van der Waals surface area (Å²) in [6.07, 6.45) is 5.85. The second-order valence-corrected chi connectivity index (χ2v) is 7.11. The van der Waals surface area contributed by atoms with Gasteiger partial charge in [-0.25, -0.2) is 4.98 Å². The molecule has 0 aromatic carbocycles. The highest BCUT2D eigenvalue weighted by molar-refractivity contribution is 14.0. The predicted octanol–water partition coefficient (Wildman–Crippen LogP) is 3.07. The predicted molar refractivity (Wildman–Crippen MR) is 116 cm³/mol. The maximum absolute atomic E-state index is 4.63. The highest BCUT2D eigenvalue weighted by Crippen LogP contribution is 2.16. The van der Waals surface area contributed by atoms with Gasteiger partial charge in [-0.1, -0.05) is 0 Å². The summed E-state index contributed by atoms with van der Waals surface area (Å²) in [5.74, 6) is 0.874. The normalized spacial score (nSPS) is 11.3. The molecule has 0 aliphatic carbocycles. The Morgan fingerprint density at radius 1 is 1.28 bits per heavy atom. The number of nitrogens with zero attached hydrogens (tertiary/aromatic N) is 4. The minimum atomic E-state index is 0. The Bertz CT molecular complexity index is 644. The molecule has 8 heteroatoms. The third-order valence-corrected chi connectivity index (χ3v) is 4.76. The van der Waals surface area contributed by atoms with Gasteiger partial charge in [0.05, 0.1) is 16.9 Å². The summed E-state index contributed by atoms with van der Waals surface area (Å²) >= 11 is 1.78. The number of guanidine groups is 1. The van der Waals surface area contributed by atoms with Gasteiger partial charge in [-0.05, 0) is 39.7 Å². The van der Waals surface area contributed by atoms with Gasteiger partial charge in [0.25, 0.3) is 0 Å². The average Bonchev–Trinajstić information content (AvgIpc) is 3.09. The Morgan fingerprint density at radius 2 is 2.08 bits per heavy atom. The van der Waals surface area contributed by atoms with Crippen molar-refractivity contribution in [2.45, 2.75) is 47.1 Å². The van der Waals surface area contributed by atoms with E-state index in [9.17, 15) is 0 Å². The summed E-state index contributed by atoms with van der Waals surface area (Å²) in [7, 11) is 0. The molecule has 25 heavy (non-hydrogen) atoms. The van der Waals surface area contributed by atoms with Gasteiger partial charge in [0.1, 0.15) is 0 Å². The molecule has 0 radical (unpaired) electrons. The molecule has 140 valence electrons. The molecular weight excluding hydrogens is 447 g/mol. The fourth-order valence-corrected chi connectivity index (χ4v) is 3.22. The minimum absolute atomic E-state index is 0. The smallest absolute Gasteiger partial charge is 0.191 e. The first kappa shape index (κ1) is 21.9. The Hall–Kier alpha value is -1.16. The second kappa shape index (κ2) is 11.5. The minimum Gasteiger partial charge on any atom is -0.357 e. The number of aryl methyl sites for hydroxylation is 4. The van der Waals surface area contributed by atoms with Crippen molar-refractivity contribution in [3.05, 3.63) is 33.5 Å². The molecule has 0 spiro atoms. The van der Waals surface area contributed by atoms with Gasteiger partial charge in [-0.15, -0.1) is 35.3 Å². The van der Waals surface area contributed by atoms with Gasteiger partial charge in [0, 0.05) is 43.7 Å². The number of thiazole rings is 1. The van der Waals surface area contributed by atoms with Crippen molar-refractivity contribution in [2.24, 2.45) is 4.99 Å². The van der Waals surface area contributed by atoms with Crippen molar-refractivity contribution in [2.75, 3.05) is 19.6 Å². The summed E-state index contributed by atoms with van der Waals surface area (Å²) in [4.78, 5) is 10.5. The first-order chi connectivity index (χ1) is 11.6. The van der Waals surface area contributed by atoms with Crippen LogP contribution >= 0.6 is 35.3 Å². The van der Waals surface area contributed by atoms with E-state index in [2.05, 4.69) is 59.6 Å². The number of hydrogen-bond donors (Lipinski definition) is 2. The lowest BCUT2D eigenvalue weighted by Crippen LogP contribution is -2.38. The molecule has 0 atom stereocenters. The van der Waals surface area contributed by atoms with E-state index in [0.717, 1.165) is 50.7 Å². The lowest BCUT2D eigenvalue weighted by atomic mass is 10.4. The highest BCUT2D eigenvalue weighted by atomic mass is 127. The molecule has 2 N–H and O–H groups in total. The van der Waals surface area contributed by atoms with E-state index >= 15 is 0 Å². The molecular formula is C17H29IN6S. The van der Waals surface area contributed by atoms with E-state index in [4.69, 9.17) is 0 Å². The molecule has 0 aliphatic rings. The van der Waals surface area contributed by atoms with Crippen LogP contribution in [0.2, 0.25) is 0 Å². The molecule has 2 aromatic heterocycles. The fraction of sp³-hybridized carbons (Fsp3) is 0.588. The summed E-state index contributed by atoms with van der Waals surface area (Å²) in [6, 6.07) is 0. The molecule has 2 heterocycles. The zero-order valence-electron chi connectivity index (χ0n) is 15.5. The largest absolute Gasteiger partial charge is 0.357 e. The van der Waals surface area contributed by atoms with E-state index in [-0.39, 0.29) is 24.0 Å². The standard InChI is InChI=1S/C17H28N6S.HI/c1-5-18-17(19-8-6-10-23-12-13(2)11-21-23)20-9-7-16-22-14(3)15(4)24-16;/h11-12H,5-10H2,1-4H3,(H2,18,19,20);1H. The summed E-state index contributed by atoms with van der Waals surface area (Å²) in [6.45, 7) is 11.7. The van der Waals surface area contributed by atoms with Crippen LogP contribution in [0.15, 0.2) is 17.4 Å². The molecule has 0 bridgehead atoms. The van der Waals surface area contributed by atoms with Crippen LogP contribution in [0, 0.1) is 20.8 Å². The van der Waals surface area contributed by atoms with Crippen LogP contribution in [0.3, 0.4) is 0 Å². The molecule has 0 unspecified atom stereocenters. The van der Waals surface area contributed by atoms with Gasteiger partial charge >= 0.3 is 0 Å². The number of aromatic nitrogens is 3. The van der Waals surface area contributed by atoms with Crippen LogP contribution in [0.5, 0.6) is 0 Å². The third-order valence-electron chi connectivity index (χ3n) is 3.63. The molecule has 0 saturated carbocycles. The Labute approximate surface area is 171 Å². The van der Waals surface area contributed by atoms with Crippen LogP contribution in [-0.2, 0) is 13.0 Å². The molecule has 0 fully saturated rings. The zero-order valence-corrected chi connectivity index (χ0v) is 18.6. The number of nitrogens with one attached hydrogen (secondary N) is 2. The first-order valence-electron chi connectivity index (χ1n) is 8.52. The van der Waals surface area contributed by atoms with Gasteiger partial charge < -0.3 is 10.6 Å². The molecule has 0 aliphatic heterocycles. The number of aliphatic imine (C=N–C) groups is 1. The average molecular weight is 476 g/mol. The molecule has 0 saturated heterocycles. The molecule has 2 aromatic rings. The SMILES string of the molecule is CCNC(=NCCCn1cc(C)cn1)NCCc1nc(C)c(C)s1.I. The van der Waals surface area contributed by atoms with Gasteiger partial charge in [0.15, 0.2) is 5.96 Å². The summed E-state index contributed by atoms with van der Waals surface area (Å²) < 4.78 is 1.97. The van der Waals surface area contributed by atoms with Crippen LogP contribution in [0.1, 0.15) is 34.5 Å². The van der Waals surface area contributed by atoms with Crippen LogP contribution in [0.25, 0.3) is 0 Å². The maximum Gasteiger partial charge on any atom is 0.191 e. The fourth-order valence-electron chi connectivity index (χ4n) is 2.29. The van der Waals surface area contributed by atoms with Crippen molar-refractivity contribution < 1.29 is 0 Å². The van der Waals surface area contributed by atoms with E-state index in [0.29, 0.717) is 0 Å². The monoisotopic (exact) mass is 476 g/mol. The maximum atomic E-state index is 4.63. The van der Waals surface area contributed by atoms with Gasteiger partial charge in [-0.2, -0.15) is 5.10 Å². The van der Waals surface area contributed by atoms with Crippen LogP contribution in [-0.4, -0.2) is 40.4 Å². The van der Waals surface area contributed by atoms with E-state index in [1.807, 2.05) is 10.9 Å². The number of halogens is 1. The molecule has 2 rings (SSSR count). The molecule has 0 amide bonds. The Kier molecular flexibility index (Phi) is 10.0. The van der Waals surface area contributed by atoms with Crippen molar-refractivity contribution >= 4 is 41.3 Å². The topological polar surface area (TPSA) is 67.1 Å². The Balaban J connectivity index is 0.00000312. The third kappa shape index (κ3) is 7.72. The van der Waals surface area contributed by atoms with Gasteiger partial charge in [0.2, 0.25) is 0 Å². The second-order valence-electron chi connectivity index (χ2n) is 5.82. The number of rotatable bonds is 8. The Morgan fingerprint density at radius 3 is 2.68 bits per heavy atom. The lowest BCUT2D eigenvalue weighted by molar-refractivity contribution is 0.583. The quantitative estimate of drug-likeness (QED) is 0.266. The first-order valence-corrected chi connectivity index (χ1v) is 9.34. The zero-order chi connectivity index (χ0) is 17.4. The summed E-state index contributed by atoms with van der Waals surface area (Å²) in [5, 5.41) is 12.1. The van der Waals surface area contributed by atoms with Crippen molar-refractivity contribution in [1.82, 2.24) is 25.4 Å². The van der Waals surface area contributed by atoms with Gasteiger partial charge in [-0.3, -0.25) is 9.67 Å². The van der Waals surface area contributed by atoms with E-state index in [1.54, 1.807) is 11.3 Å². The van der Waals surface area contributed by atoms with E-state index < -0.39 is 0 Å². The van der Waals surface area contributed by atoms with Crippen molar-refractivity contribution in [3.63, 3.8) is 0 Å². The van der Waals surface area contributed by atoms with Crippen LogP contribution < -0.4 is 10.6 Å². The van der Waals surface area contributed by atoms with Crippen molar-refractivity contribution in [1.29, 1.82) is 0 Å². The number of hydrogen-bond acceptors (Lipinski definition) is 4.